The Kier molecular flexibility index (Phi) is 10.5. The lowest BCUT2D eigenvalue weighted by Gasteiger charge is -2.34. The highest BCUT2D eigenvalue weighted by Crippen LogP contribution is 2.14. The molecule has 1 fully saturated rings. The van der Waals surface area contributed by atoms with E-state index in [0.717, 1.165) is 51.8 Å². The van der Waals surface area contributed by atoms with Crippen LogP contribution in [0.5, 0.6) is 0 Å². The molecule has 0 radical (unpaired) electrons. The Morgan fingerprint density at radius 1 is 1.24 bits per heavy atom. The SMILES string of the molecule is CCNC(=NCC(CC(C)C)N1CCOCC1)NCCC(=O)N(C)C. The first-order valence-corrected chi connectivity index (χ1v) is 9.48. The highest BCUT2D eigenvalue weighted by Gasteiger charge is 2.21. The molecule has 7 nitrogen and oxygen atoms in total. The van der Waals surface area contributed by atoms with Crippen LogP contribution in [0.15, 0.2) is 4.99 Å². The zero-order valence-corrected chi connectivity index (χ0v) is 16.7. The second kappa shape index (κ2) is 12.1. The van der Waals surface area contributed by atoms with E-state index < -0.39 is 0 Å². The van der Waals surface area contributed by atoms with Crippen molar-refractivity contribution in [2.45, 2.75) is 39.7 Å². The largest absolute Gasteiger partial charge is 0.379 e. The smallest absolute Gasteiger partial charge is 0.223 e. The maximum atomic E-state index is 11.7. The van der Waals surface area contributed by atoms with Crippen molar-refractivity contribution in [3.63, 3.8) is 0 Å². The summed E-state index contributed by atoms with van der Waals surface area (Å²) in [7, 11) is 3.56. The first kappa shape index (κ1) is 21.7. The Balaban J connectivity index is 2.58. The van der Waals surface area contributed by atoms with Gasteiger partial charge in [0.2, 0.25) is 5.91 Å². The van der Waals surface area contributed by atoms with Crippen molar-refractivity contribution in [3.05, 3.63) is 0 Å². The number of morpholine rings is 1. The zero-order valence-electron chi connectivity index (χ0n) is 16.7. The van der Waals surface area contributed by atoms with Gasteiger partial charge in [-0.25, -0.2) is 0 Å². The van der Waals surface area contributed by atoms with E-state index in [2.05, 4.69) is 36.3 Å². The number of ether oxygens (including phenoxy) is 1. The summed E-state index contributed by atoms with van der Waals surface area (Å²) in [5.41, 5.74) is 0. The van der Waals surface area contributed by atoms with Crippen molar-refractivity contribution in [2.75, 3.05) is 60.0 Å². The van der Waals surface area contributed by atoms with Crippen LogP contribution in [0.4, 0.5) is 0 Å². The Morgan fingerprint density at radius 3 is 2.48 bits per heavy atom. The number of nitrogens with zero attached hydrogens (tertiary/aromatic N) is 3. The summed E-state index contributed by atoms with van der Waals surface area (Å²) in [6, 6.07) is 0.433. The lowest BCUT2D eigenvalue weighted by Crippen LogP contribution is -2.46. The molecule has 0 aromatic heterocycles. The van der Waals surface area contributed by atoms with Gasteiger partial charge in [-0.2, -0.15) is 0 Å². The number of aliphatic imine (C=N–C) groups is 1. The fourth-order valence-corrected chi connectivity index (χ4v) is 2.88. The number of carbonyl (C=O) groups excluding carboxylic acids is 1. The molecule has 0 aromatic rings. The third kappa shape index (κ3) is 9.07. The predicted molar refractivity (Wildman–Crippen MR) is 103 cm³/mol. The molecule has 0 saturated carbocycles. The van der Waals surface area contributed by atoms with Gasteiger partial charge in [-0.3, -0.25) is 14.7 Å². The number of carbonyl (C=O) groups is 1. The number of rotatable bonds is 9. The van der Waals surface area contributed by atoms with Gasteiger partial charge in [0, 0.05) is 52.7 Å². The average Bonchev–Trinajstić information content (AvgIpc) is 2.58. The molecule has 1 saturated heterocycles. The van der Waals surface area contributed by atoms with Crippen LogP contribution in [0.25, 0.3) is 0 Å². The zero-order chi connectivity index (χ0) is 18.7. The van der Waals surface area contributed by atoms with Crippen LogP contribution in [0.1, 0.15) is 33.6 Å². The second-order valence-electron chi connectivity index (χ2n) is 7.12. The van der Waals surface area contributed by atoms with E-state index in [0.29, 0.717) is 24.9 Å². The summed E-state index contributed by atoms with van der Waals surface area (Å²) < 4.78 is 5.48. The van der Waals surface area contributed by atoms with Gasteiger partial charge in [0.05, 0.1) is 19.8 Å². The molecule has 0 aliphatic carbocycles. The molecular formula is C18H37N5O2. The van der Waals surface area contributed by atoms with Crippen molar-refractivity contribution >= 4 is 11.9 Å². The molecule has 1 atom stereocenters. The molecule has 146 valence electrons. The van der Waals surface area contributed by atoms with Gasteiger partial charge in [0.15, 0.2) is 5.96 Å². The third-order valence-corrected chi connectivity index (χ3v) is 4.24. The summed E-state index contributed by atoms with van der Waals surface area (Å²) in [6.07, 6.45) is 1.60. The van der Waals surface area contributed by atoms with Crippen LogP contribution in [0.2, 0.25) is 0 Å². The first-order chi connectivity index (χ1) is 11.9. The molecule has 0 aromatic carbocycles. The van der Waals surface area contributed by atoms with Crippen molar-refractivity contribution in [3.8, 4) is 0 Å². The molecule has 0 spiro atoms. The molecular weight excluding hydrogens is 318 g/mol. The van der Waals surface area contributed by atoms with Gasteiger partial charge in [-0.05, 0) is 19.3 Å². The van der Waals surface area contributed by atoms with Crippen molar-refractivity contribution in [2.24, 2.45) is 10.9 Å². The van der Waals surface area contributed by atoms with E-state index in [1.54, 1.807) is 19.0 Å². The molecule has 1 amide bonds. The highest BCUT2D eigenvalue weighted by atomic mass is 16.5. The number of hydrogen-bond donors (Lipinski definition) is 2. The van der Waals surface area contributed by atoms with Crippen LogP contribution in [-0.4, -0.2) is 87.7 Å². The van der Waals surface area contributed by atoms with Gasteiger partial charge < -0.3 is 20.3 Å². The predicted octanol–water partition coefficient (Wildman–Crippen LogP) is 0.767. The fraction of sp³-hybridized carbons (Fsp3) is 0.889. The average molecular weight is 356 g/mol. The molecule has 1 rings (SSSR count). The quantitative estimate of drug-likeness (QED) is 0.472. The molecule has 7 heteroatoms. The van der Waals surface area contributed by atoms with E-state index in [-0.39, 0.29) is 5.91 Å². The molecule has 1 aliphatic heterocycles. The van der Waals surface area contributed by atoms with E-state index >= 15 is 0 Å². The van der Waals surface area contributed by atoms with Crippen LogP contribution in [0, 0.1) is 5.92 Å². The standard InChI is InChI=1S/C18H37N5O2/c1-6-19-18(20-8-7-17(24)22(4)5)21-14-16(13-15(2)3)23-9-11-25-12-10-23/h15-16H,6-14H2,1-5H3,(H2,19,20,21). The first-order valence-electron chi connectivity index (χ1n) is 9.48. The van der Waals surface area contributed by atoms with E-state index in [1.807, 2.05) is 0 Å². The molecule has 1 unspecified atom stereocenters. The molecule has 2 N–H and O–H groups in total. The lowest BCUT2D eigenvalue weighted by atomic mass is 10.0. The van der Waals surface area contributed by atoms with Crippen LogP contribution in [-0.2, 0) is 9.53 Å². The normalized spacial score (nSPS) is 17.4. The maximum Gasteiger partial charge on any atom is 0.223 e. The van der Waals surface area contributed by atoms with Gasteiger partial charge in [0.1, 0.15) is 0 Å². The fourth-order valence-electron chi connectivity index (χ4n) is 2.88. The monoisotopic (exact) mass is 355 g/mol. The summed E-state index contributed by atoms with van der Waals surface area (Å²) >= 11 is 0. The van der Waals surface area contributed by atoms with Crippen molar-refractivity contribution in [1.29, 1.82) is 0 Å². The Morgan fingerprint density at radius 2 is 1.92 bits per heavy atom. The molecule has 0 bridgehead atoms. The number of amides is 1. The van der Waals surface area contributed by atoms with Gasteiger partial charge in [-0.15, -0.1) is 0 Å². The summed E-state index contributed by atoms with van der Waals surface area (Å²) in [5, 5.41) is 6.53. The maximum absolute atomic E-state index is 11.7. The van der Waals surface area contributed by atoms with E-state index in [1.165, 1.54) is 0 Å². The molecule has 25 heavy (non-hydrogen) atoms. The minimum absolute atomic E-state index is 0.120. The topological polar surface area (TPSA) is 69.2 Å². The summed E-state index contributed by atoms with van der Waals surface area (Å²) in [4.78, 5) is 20.6. The number of hydrogen-bond acceptors (Lipinski definition) is 4. The number of guanidine groups is 1. The van der Waals surface area contributed by atoms with Crippen molar-refractivity contribution < 1.29 is 9.53 Å². The summed E-state index contributed by atoms with van der Waals surface area (Å²) in [6.45, 7) is 12.3. The Hall–Kier alpha value is -1.34. The molecule has 1 heterocycles. The number of nitrogens with one attached hydrogen (secondary N) is 2. The van der Waals surface area contributed by atoms with Crippen LogP contribution < -0.4 is 10.6 Å². The van der Waals surface area contributed by atoms with Gasteiger partial charge in [-0.1, -0.05) is 13.8 Å². The van der Waals surface area contributed by atoms with Gasteiger partial charge >= 0.3 is 0 Å². The minimum atomic E-state index is 0.120. The van der Waals surface area contributed by atoms with Crippen molar-refractivity contribution in [1.82, 2.24) is 20.4 Å². The lowest BCUT2D eigenvalue weighted by molar-refractivity contribution is -0.128. The third-order valence-electron chi connectivity index (χ3n) is 4.24. The van der Waals surface area contributed by atoms with Crippen LogP contribution >= 0.6 is 0 Å². The van der Waals surface area contributed by atoms with Crippen LogP contribution in [0.3, 0.4) is 0 Å². The molecule has 1 aliphatic rings. The van der Waals surface area contributed by atoms with E-state index in [9.17, 15) is 4.79 Å². The Labute approximate surface area is 153 Å². The summed E-state index contributed by atoms with van der Waals surface area (Å²) in [5.74, 6) is 1.54. The van der Waals surface area contributed by atoms with Gasteiger partial charge in [0.25, 0.3) is 0 Å². The minimum Gasteiger partial charge on any atom is -0.379 e. The Bertz CT molecular complexity index is 406. The second-order valence-corrected chi connectivity index (χ2v) is 7.12. The van der Waals surface area contributed by atoms with E-state index in [4.69, 9.17) is 9.73 Å². The highest BCUT2D eigenvalue weighted by molar-refractivity contribution is 5.81.